The second-order valence-electron chi connectivity index (χ2n) is 6.81. The molecule has 0 aliphatic heterocycles. The first kappa shape index (κ1) is 19.9. The van der Waals surface area contributed by atoms with E-state index >= 15 is 0 Å². The average Bonchev–Trinajstić information content (AvgIpc) is 2.79. The van der Waals surface area contributed by atoms with Crippen molar-refractivity contribution in [3.63, 3.8) is 0 Å². The van der Waals surface area contributed by atoms with Crippen LogP contribution in [0.2, 0.25) is 0 Å². The normalized spacial score (nSPS) is 10.4. The second-order valence-corrected chi connectivity index (χ2v) is 6.81. The highest BCUT2D eigenvalue weighted by atomic mass is 16.5. The molecule has 7 nitrogen and oxygen atoms in total. The van der Waals surface area contributed by atoms with E-state index in [0.717, 1.165) is 16.5 Å². The molecule has 3 aromatic carbocycles. The summed E-state index contributed by atoms with van der Waals surface area (Å²) in [5, 5.41) is 3.57. The number of fused-ring (bicyclic) bond motifs is 1. The number of rotatable bonds is 5. The van der Waals surface area contributed by atoms with Crippen molar-refractivity contribution < 1.29 is 14.3 Å². The monoisotopic (exact) mass is 412 g/mol. The number of hydrazine groups is 1. The molecule has 0 saturated heterocycles. The lowest BCUT2D eigenvalue weighted by atomic mass is 10.1. The minimum atomic E-state index is -0.836. The number of pyridine rings is 1. The Morgan fingerprint density at radius 1 is 0.806 bits per heavy atom. The zero-order valence-electron chi connectivity index (χ0n) is 16.8. The molecular weight excluding hydrogens is 392 g/mol. The van der Waals surface area contributed by atoms with Gasteiger partial charge in [-0.15, -0.1) is 0 Å². The highest BCUT2D eigenvalue weighted by Gasteiger charge is 2.14. The molecule has 3 N–H and O–H groups in total. The molecule has 0 unspecified atom stereocenters. The van der Waals surface area contributed by atoms with Gasteiger partial charge in [0.25, 0.3) is 0 Å². The lowest BCUT2D eigenvalue weighted by molar-refractivity contribution is -0.135. The molecule has 1 aromatic heterocycles. The van der Waals surface area contributed by atoms with Crippen LogP contribution >= 0.6 is 0 Å². The van der Waals surface area contributed by atoms with Crippen LogP contribution in [-0.2, 0) is 9.59 Å². The number of benzene rings is 3. The van der Waals surface area contributed by atoms with Gasteiger partial charge in [0, 0.05) is 11.1 Å². The van der Waals surface area contributed by atoms with Crippen LogP contribution in [0.5, 0.6) is 11.5 Å². The second kappa shape index (κ2) is 8.96. The fourth-order valence-corrected chi connectivity index (χ4v) is 3.01. The molecule has 0 fully saturated rings. The molecule has 7 heteroatoms. The average molecular weight is 412 g/mol. The van der Waals surface area contributed by atoms with Crippen LogP contribution in [-0.4, -0.2) is 16.8 Å². The Bertz CT molecular complexity index is 1220. The van der Waals surface area contributed by atoms with E-state index in [4.69, 9.17) is 4.74 Å². The summed E-state index contributed by atoms with van der Waals surface area (Å²) in [5.41, 5.74) is 7.33. The number of hydrogen-bond donors (Lipinski definition) is 3. The summed E-state index contributed by atoms with van der Waals surface area (Å²) in [6.07, 6.45) is 0. The first-order chi connectivity index (χ1) is 15.1. The molecule has 0 atom stereocenters. The quantitative estimate of drug-likeness (QED) is 0.333. The molecule has 0 aliphatic rings. The maximum atomic E-state index is 12.2. The van der Waals surface area contributed by atoms with Gasteiger partial charge in [0.1, 0.15) is 17.3 Å². The molecule has 0 spiro atoms. The smallest absolute Gasteiger partial charge is 0.327 e. The number of hydrogen-bond acceptors (Lipinski definition) is 5. The standard InChI is InChI=1S/C24H20N4O3/c1-16-15-22(26-21-10-6-5-9-20(16)21)27-28-24(30)23(29)25-17-11-13-19(14-12-17)31-18-7-3-2-4-8-18/h2-15H,1H3,(H,25,29)(H,26,27)(H,28,30). The Morgan fingerprint density at radius 3 is 2.26 bits per heavy atom. The summed E-state index contributed by atoms with van der Waals surface area (Å²) in [4.78, 5) is 28.7. The summed E-state index contributed by atoms with van der Waals surface area (Å²) in [5.74, 6) is 0.133. The van der Waals surface area contributed by atoms with Crippen LogP contribution < -0.4 is 20.9 Å². The maximum absolute atomic E-state index is 12.2. The molecule has 154 valence electrons. The van der Waals surface area contributed by atoms with Crippen molar-refractivity contribution in [2.45, 2.75) is 6.92 Å². The van der Waals surface area contributed by atoms with Gasteiger partial charge >= 0.3 is 11.8 Å². The maximum Gasteiger partial charge on any atom is 0.327 e. The van der Waals surface area contributed by atoms with E-state index in [-0.39, 0.29) is 0 Å². The molecule has 4 aromatic rings. The number of aryl methyl sites for hydroxylation is 1. The highest BCUT2D eigenvalue weighted by molar-refractivity contribution is 6.39. The SMILES string of the molecule is Cc1cc(NNC(=O)C(=O)Nc2ccc(Oc3ccccc3)cc2)nc2ccccc12. The Balaban J connectivity index is 1.33. The van der Waals surface area contributed by atoms with Crippen molar-refractivity contribution in [3.8, 4) is 11.5 Å². The lowest BCUT2D eigenvalue weighted by Crippen LogP contribution is -2.39. The van der Waals surface area contributed by atoms with Crippen molar-refractivity contribution >= 4 is 34.2 Å². The molecule has 1 heterocycles. The van der Waals surface area contributed by atoms with Crippen molar-refractivity contribution in [1.29, 1.82) is 0 Å². The molecule has 31 heavy (non-hydrogen) atoms. The number of amides is 2. The minimum absolute atomic E-state index is 0.444. The van der Waals surface area contributed by atoms with Crippen molar-refractivity contribution in [2.75, 3.05) is 10.7 Å². The van der Waals surface area contributed by atoms with E-state index < -0.39 is 11.8 Å². The van der Waals surface area contributed by atoms with Gasteiger partial charge in [-0.3, -0.25) is 20.4 Å². The zero-order chi connectivity index (χ0) is 21.6. The number of carbonyl (C=O) groups is 2. The lowest BCUT2D eigenvalue weighted by Gasteiger charge is -2.11. The van der Waals surface area contributed by atoms with Gasteiger partial charge in [-0.25, -0.2) is 4.98 Å². The highest BCUT2D eigenvalue weighted by Crippen LogP contribution is 2.22. The van der Waals surface area contributed by atoms with Crippen LogP contribution in [0, 0.1) is 6.92 Å². The van der Waals surface area contributed by atoms with Crippen molar-refractivity contribution in [1.82, 2.24) is 10.4 Å². The van der Waals surface area contributed by atoms with Gasteiger partial charge in [0.05, 0.1) is 5.52 Å². The van der Waals surface area contributed by atoms with Gasteiger partial charge in [-0.05, 0) is 61.0 Å². The van der Waals surface area contributed by atoms with Gasteiger partial charge < -0.3 is 10.1 Å². The van der Waals surface area contributed by atoms with Crippen LogP contribution in [0.1, 0.15) is 5.56 Å². The van der Waals surface area contributed by atoms with Crippen LogP contribution in [0.3, 0.4) is 0 Å². The molecule has 0 radical (unpaired) electrons. The summed E-state index contributed by atoms with van der Waals surface area (Å²) in [6.45, 7) is 1.95. The zero-order valence-corrected chi connectivity index (χ0v) is 16.8. The largest absolute Gasteiger partial charge is 0.457 e. The molecule has 2 amide bonds. The topological polar surface area (TPSA) is 92.3 Å². The number of ether oxygens (including phenoxy) is 1. The number of para-hydroxylation sites is 2. The van der Waals surface area contributed by atoms with E-state index in [9.17, 15) is 9.59 Å². The van der Waals surface area contributed by atoms with E-state index in [1.54, 1.807) is 30.3 Å². The van der Waals surface area contributed by atoms with E-state index in [0.29, 0.717) is 23.0 Å². The van der Waals surface area contributed by atoms with Gasteiger partial charge in [-0.1, -0.05) is 36.4 Å². The summed E-state index contributed by atoms with van der Waals surface area (Å²) in [7, 11) is 0. The molecule has 0 saturated carbocycles. The number of carbonyl (C=O) groups excluding carboxylic acids is 2. The molecule has 0 aliphatic carbocycles. The van der Waals surface area contributed by atoms with E-state index in [1.165, 1.54) is 0 Å². The number of nitrogens with one attached hydrogen (secondary N) is 3. The van der Waals surface area contributed by atoms with Gasteiger partial charge in [0.15, 0.2) is 0 Å². The predicted octanol–water partition coefficient (Wildman–Crippen LogP) is 4.42. The number of anilines is 2. The van der Waals surface area contributed by atoms with E-state index in [1.807, 2.05) is 61.5 Å². The Morgan fingerprint density at radius 2 is 1.48 bits per heavy atom. The number of nitrogens with zero attached hydrogens (tertiary/aromatic N) is 1. The van der Waals surface area contributed by atoms with Crippen molar-refractivity contribution in [3.05, 3.63) is 90.5 Å². The fraction of sp³-hybridized carbons (Fsp3) is 0.0417. The van der Waals surface area contributed by atoms with E-state index in [2.05, 4.69) is 21.2 Å². The Kier molecular flexibility index (Phi) is 5.75. The van der Waals surface area contributed by atoms with Gasteiger partial charge in [-0.2, -0.15) is 0 Å². The third-order valence-electron chi connectivity index (χ3n) is 4.52. The Hall–Kier alpha value is -4.39. The number of aromatic nitrogens is 1. The third kappa shape index (κ3) is 4.97. The van der Waals surface area contributed by atoms with Crippen LogP contribution in [0.15, 0.2) is 84.9 Å². The predicted molar refractivity (Wildman–Crippen MR) is 120 cm³/mol. The Labute approximate surface area is 179 Å². The molecule has 0 bridgehead atoms. The van der Waals surface area contributed by atoms with Gasteiger partial charge in [0.2, 0.25) is 0 Å². The fourth-order valence-electron chi connectivity index (χ4n) is 3.01. The summed E-state index contributed by atoms with van der Waals surface area (Å²) in [6, 6.07) is 25.6. The third-order valence-corrected chi connectivity index (χ3v) is 4.52. The van der Waals surface area contributed by atoms with Crippen molar-refractivity contribution in [2.24, 2.45) is 0 Å². The minimum Gasteiger partial charge on any atom is -0.457 e. The van der Waals surface area contributed by atoms with Crippen LogP contribution in [0.4, 0.5) is 11.5 Å². The molecule has 4 rings (SSSR count). The first-order valence-corrected chi connectivity index (χ1v) is 9.65. The summed E-state index contributed by atoms with van der Waals surface area (Å²) >= 11 is 0. The first-order valence-electron chi connectivity index (χ1n) is 9.65. The molecular formula is C24H20N4O3. The summed E-state index contributed by atoms with van der Waals surface area (Å²) < 4.78 is 5.70. The van der Waals surface area contributed by atoms with Crippen LogP contribution in [0.25, 0.3) is 10.9 Å².